The van der Waals surface area contributed by atoms with E-state index in [1.54, 1.807) is 6.26 Å². The summed E-state index contributed by atoms with van der Waals surface area (Å²) < 4.78 is 5.52. The third kappa shape index (κ3) is 2.08. The fraction of sp³-hybridized carbons (Fsp3) is 0.333. The number of pyridine rings is 1. The highest BCUT2D eigenvalue weighted by atomic mass is 16.3. The second-order valence-electron chi connectivity index (χ2n) is 4.80. The Morgan fingerprint density at radius 2 is 2.32 bits per heavy atom. The molecule has 0 saturated carbocycles. The topological polar surface area (TPSA) is 53.1 Å². The van der Waals surface area contributed by atoms with Crippen molar-refractivity contribution in [2.24, 2.45) is 0 Å². The summed E-state index contributed by atoms with van der Waals surface area (Å²) in [5.74, 6) is 1.73. The number of furan rings is 1. The summed E-state index contributed by atoms with van der Waals surface area (Å²) in [5, 5.41) is 9.25. The normalized spacial score (nSPS) is 18.5. The summed E-state index contributed by atoms with van der Waals surface area (Å²) in [6, 6.07) is 10.0. The quantitative estimate of drug-likeness (QED) is 0.824. The first-order valence-corrected chi connectivity index (χ1v) is 6.47. The third-order valence-electron chi connectivity index (χ3n) is 3.53. The van der Waals surface area contributed by atoms with Crippen molar-refractivity contribution in [1.29, 1.82) is 5.26 Å². The van der Waals surface area contributed by atoms with Gasteiger partial charge >= 0.3 is 0 Å². The molecule has 0 radical (unpaired) electrons. The van der Waals surface area contributed by atoms with Gasteiger partial charge in [0.05, 0.1) is 17.9 Å². The average molecular weight is 253 g/mol. The first-order valence-electron chi connectivity index (χ1n) is 6.47. The van der Waals surface area contributed by atoms with Gasteiger partial charge in [0.15, 0.2) is 0 Å². The van der Waals surface area contributed by atoms with Crippen LogP contribution < -0.4 is 4.90 Å². The molecule has 1 aliphatic heterocycles. The Morgan fingerprint density at radius 1 is 1.42 bits per heavy atom. The molecule has 0 aromatic carbocycles. The molecule has 0 N–H and O–H groups in total. The van der Waals surface area contributed by atoms with Gasteiger partial charge in [-0.15, -0.1) is 0 Å². The van der Waals surface area contributed by atoms with E-state index in [1.165, 1.54) is 0 Å². The largest absolute Gasteiger partial charge is 0.467 e. The lowest BCUT2D eigenvalue weighted by atomic mass is 10.1. The van der Waals surface area contributed by atoms with Crippen LogP contribution in [0.5, 0.6) is 0 Å². The van der Waals surface area contributed by atoms with Crippen LogP contribution in [0.1, 0.15) is 35.9 Å². The smallest absolute Gasteiger partial charge is 0.147 e. The van der Waals surface area contributed by atoms with Gasteiger partial charge in [0, 0.05) is 12.2 Å². The number of nitriles is 1. The molecule has 2 aromatic rings. The molecule has 19 heavy (non-hydrogen) atoms. The zero-order valence-corrected chi connectivity index (χ0v) is 10.8. The summed E-state index contributed by atoms with van der Waals surface area (Å²) in [7, 11) is 0. The van der Waals surface area contributed by atoms with Crippen LogP contribution in [0, 0.1) is 18.3 Å². The van der Waals surface area contributed by atoms with E-state index >= 15 is 0 Å². The number of nitrogens with zero attached hydrogens (tertiary/aromatic N) is 3. The zero-order chi connectivity index (χ0) is 13.2. The molecule has 1 atom stereocenters. The molecular weight excluding hydrogens is 238 g/mol. The number of aryl methyl sites for hydroxylation is 1. The predicted molar refractivity (Wildman–Crippen MR) is 71.7 cm³/mol. The van der Waals surface area contributed by atoms with Crippen molar-refractivity contribution in [2.75, 3.05) is 11.4 Å². The SMILES string of the molecule is Cc1ccc(C#N)c(N2CCC[C@@H]2c2ccco2)n1. The van der Waals surface area contributed by atoms with E-state index in [2.05, 4.69) is 16.0 Å². The Kier molecular flexibility index (Phi) is 2.96. The van der Waals surface area contributed by atoms with E-state index in [1.807, 2.05) is 31.2 Å². The van der Waals surface area contributed by atoms with Crippen molar-refractivity contribution in [2.45, 2.75) is 25.8 Å². The number of rotatable bonds is 2. The predicted octanol–water partition coefficient (Wildman–Crippen LogP) is 3.20. The Balaban J connectivity index is 2.02. The maximum atomic E-state index is 9.25. The monoisotopic (exact) mass is 253 g/mol. The first kappa shape index (κ1) is 11.8. The maximum absolute atomic E-state index is 9.25. The molecule has 3 rings (SSSR count). The fourth-order valence-corrected chi connectivity index (χ4v) is 2.65. The molecule has 0 bridgehead atoms. The van der Waals surface area contributed by atoms with Gasteiger partial charge in [0.25, 0.3) is 0 Å². The van der Waals surface area contributed by atoms with Crippen LogP contribution in [0.2, 0.25) is 0 Å². The summed E-state index contributed by atoms with van der Waals surface area (Å²) in [5.41, 5.74) is 1.56. The molecule has 0 amide bonds. The molecule has 1 fully saturated rings. The Labute approximate surface area is 112 Å². The van der Waals surface area contributed by atoms with Gasteiger partial charge in [0.2, 0.25) is 0 Å². The van der Waals surface area contributed by atoms with E-state index in [-0.39, 0.29) is 6.04 Å². The standard InChI is InChI=1S/C15H15N3O/c1-11-6-7-12(10-16)15(17-11)18-8-2-4-13(18)14-5-3-9-19-14/h3,5-7,9,13H,2,4,8H2,1H3/t13-/m1/s1. The second-order valence-corrected chi connectivity index (χ2v) is 4.80. The van der Waals surface area contributed by atoms with Crippen LogP contribution in [-0.4, -0.2) is 11.5 Å². The van der Waals surface area contributed by atoms with E-state index in [4.69, 9.17) is 4.42 Å². The van der Waals surface area contributed by atoms with Crippen molar-refractivity contribution >= 4 is 5.82 Å². The summed E-state index contributed by atoms with van der Waals surface area (Å²) >= 11 is 0. The lowest BCUT2D eigenvalue weighted by molar-refractivity contribution is 0.464. The molecule has 3 heterocycles. The van der Waals surface area contributed by atoms with Crippen molar-refractivity contribution in [3.8, 4) is 6.07 Å². The minimum Gasteiger partial charge on any atom is -0.467 e. The third-order valence-corrected chi connectivity index (χ3v) is 3.53. The van der Waals surface area contributed by atoms with Gasteiger partial charge in [-0.05, 0) is 44.0 Å². The van der Waals surface area contributed by atoms with Gasteiger partial charge in [-0.3, -0.25) is 0 Å². The summed E-state index contributed by atoms with van der Waals surface area (Å²) in [4.78, 5) is 6.73. The maximum Gasteiger partial charge on any atom is 0.147 e. The van der Waals surface area contributed by atoms with Crippen molar-refractivity contribution in [3.63, 3.8) is 0 Å². The van der Waals surface area contributed by atoms with E-state index in [9.17, 15) is 5.26 Å². The molecule has 2 aromatic heterocycles. The molecule has 4 heteroatoms. The number of anilines is 1. The summed E-state index contributed by atoms with van der Waals surface area (Å²) in [6.07, 6.45) is 3.82. The van der Waals surface area contributed by atoms with Gasteiger partial charge < -0.3 is 9.32 Å². The second kappa shape index (κ2) is 4.77. The van der Waals surface area contributed by atoms with E-state index in [0.717, 1.165) is 36.7 Å². The van der Waals surface area contributed by atoms with Crippen molar-refractivity contribution in [1.82, 2.24) is 4.98 Å². The highest BCUT2D eigenvalue weighted by Crippen LogP contribution is 2.36. The molecular formula is C15H15N3O. The Hall–Kier alpha value is -2.28. The molecule has 0 aliphatic carbocycles. The van der Waals surface area contributed by atoms with Crippen molar-refractivity contribution in [3.05, 3.63) is 47.5 Å². The van der Waals surface area contributed by atoms with Gasteiger partial charge in [0.1, 0.15) is 17.6 Å². The lowest BCUT2D eigenvalue weighted by Crippen LogP contribution is -2.24. The average Bonchev–Trinajstić information content (AvgIpc) is 3.09. The Morgan fingerprint density at radius 3 is 3.05 bits per heavy atom. The van der Waals surface area contributed by atoms with E-state index < -0.39 is 0 Å². The van der Waals surface area contributed by atoms with Crippen molar-refractivity contribution < 1.29 is 4.42 Å². The van der Waals surface area contributed by atoms with Crippen LogP contribution in [0.15, 0.2) is 34.9 Å². The Bertz CT molecular complexity index is 613. The highest BCUT2D eigenvalue weighted by molar-refractivity contribution is 5.56. The van der Waals surface area contributed by atoms with Gasteiger partial charge in [-0.25, -0.2) is 4.98 Å². The summed E-state index contributed by atoms with van der Waals surface area (Å²) in [6.45, 7) is 2.86. The van der Waals surface area contributed by atoms with E-state index in [0.29, 0.717) is 5.56 Å². The van der Waals surface area contributed by atoms with Gasteiger partial charge in [-0.2, -0.15) is 5.26 Å². The molecule has 0 unspecified atom stereocenters. The number of hydrogen-bond donors (Lipinski definition) is 0. The van der Waals surface area contributed by atoms with Crippen LogP contribution in [0.3, 0.4) is 0 Å². The molecule has 4 nitrogen and oxygen atoms in total. The minimum absolute atomic E-state index is 0.191. The molecule has 96 valence electrons. The molecule has 0 spiro atoms. The fourth-order valence-electron chi connectivity index (χ4n) is 2.65. The lowest BCUT2D eigenvalue weighted by Gasteiger charge is -2.25. The van der Waals surface area contributed by atoms with Crippen LogP contribution >= 0.6 is 0 Å². The van der Waals surface area contributed by atoms with Crippen LogP contribution in [-0.2, 0) is 0 Å². The molecule has 1 saturated heterocycles. The van der Waals surface area contributed by atoms with Crippen LogP contribution in [0.4, 0.5) is 5.82 Å². The van der Waals surface area contributed by atoms with Gasteiger partial charge in [-0.1, -0.05) is 0 Å². The highest BCUT2D eigenvalue weighted by Gasteiger charge is 2.30. The van der Waals surface area contributed by atoms with Crippen LogP contribution in [0.25, 0.3) is 0 Å². The minimum atomic E-state index is 0.191. The molecule has 1 aliphatic rings. The first-order chi connectivity index (χ1) is 9.29. The number of hydrogen-bond acceptors (Lipinski definition) is 4. The zero-order valence-electron chi connectivity index (χ0n) is 10.8. The number of aromatic nitrogens is 1.